The predicted molar refractivity (Wildman–Crippen MR) is 120 cm³/mol. The second kappa shape index (κ2) is 12.9. The van der Waals surface area contributed by atoms with E-state index in [9.17, 15) is 4.55 Å². The Balaban J connectivity index is 0.00000182. The summed E-state index contributed by atoms with van der Waals surface area (Å²) in [5, 5.41) is 0.689. The Labute approximate surface area is 183 Å². The van der Waals surface area contributed by atoms with Crippen molar-refractivity contribution < 1.29 is 4.55 Å². The summed E-state index contributed by atoms with van der Waals surface area (Å²) >= 11 is 4.95. The standard InChI is InChI=1S/C20H25ClN2OS.2ClH/c21-19-7-9-20(10-8-19)25(24)16-4-11-22-12-14-23(15-13-22)17-18-5-2-1-3-6-18;;/h1-3,5-10H,4,11-17H2;2*1H. The second-order valence-electron chi connectivity index (χ2n) is 6.46. The lowest BCUT2D eigenvalue weighted by atomic mass is 10.2. The molecule has 0 aromatic heterocycles. The van der Waals surface area contributed by atoms with Crippen LogP contribution in [0.25, 0.3) is 0 Å². The van der Waals surface area contributed by atoms with Crippen LogP contribution in [-0.2, 0) is 17.7 Å². The van der Waals surface area contributed by atoms with Gasteiger partial charge in [-0.3, -0.25) is 4.90 Å². The third-order valence-corrected chi connectivity index (χ3v) is 6.30. The van der Waals surface area contributed by atoms with Crippen LogP contribution in [0, 0.1) is 0 Å². The molecule has 1 fully saturated rings. The molecule has 1 heterocycles. The van der Waals surface area contributed by atoms with Crippen LogP contribution in [0.5, 0.6) is 0 Å². The van der Waals surface area contributed by atoms with Crippen molar-refractivity contribution in [2.24, 2.45) is 0 Å². The minimum atomic E-state index is -0.925. The van der Waals surface area contributed by atoms with Crippen LogP contribution >= 0.6 is 36.4 Å². The van der Waals surface area contributed by atoms with Gasteiger partial charge in [-0.25, -0.2) is 0 Å². The highest BCUT2D eigenvalue weighted by molar-refractivity contribution is 7.91. The Hall–Kier alpha value is -0.460. The highest BCUT2D eigenvalue weighted by Crippen LogP contribution is 2.16. The molecule has 1 aliphatic rings. The summed E-state index contributed by atoms with van der Waals surface area (Å²) in [6.45, 7) is 6.47. The number of halogens is 3. The molecule has 150 valence electrons. The molecule has 3 nitrogen and oxygen atoms in total. The molecule has 1 unspecified atom stereocenters. The topological polar surface area (TPSA) is 29.5 Å². The van der Waals surface area contributed by atoms with E-state index in [-0.39, 0.29) is 24.8 Å². The van der Waals surface area contributed by atoms with Gasteiger partial charge in [-0.05, 0) is 41.0 Å². The first-order valence-electron chi connectivity index (χ1n) is 8.83. The average Bonchev–Trinajstić information content (AvgIpc) is 2.64. The van der Waals surface area contributed by atoms with Gasteiger partial charge < -0.3 is 9.45 Å². The molecule has 7 heteroatoms. The van der Waals surface area contributed by atoms with E-state index < -0.39 is 11.2 Å². The first kappa shape index (κ1) is 24.6. The summed E-state index contributed by atoms with van der Waals surface area (Å²) in [5.74, 6) is 0.714. The number of benzene rings is 2. The molecule has 1 saturated heterocycles. The maximum Gasteiger partial charge on any atom is 0.152 e. The van der Waals surface area contributed by atoms with Gasteiger partial charge in [0.05, 0.1) is 0 Å². The first-order valence-corrected chi connectivity index (χ1v) is 10.5. The Morgan fingerprint density at radius 2 is 1.44 bits per heavy atom. The SMILES string of the molecule is Cl.Cl.[O-][S+](CCCN1CCN(Cc2ccccc2)CC1)c1ccc(Cl)cc1. The molecule has 0 saturated carbocycles. The number of hydrogen-bond acceptors (Lipinski definition) is 3. The van der Waals surface area contributed by atoms with E-state index in [2.05, 4.69) is 40.1 Å². The summed E-state index contributed by atoms with van der Waals surface area (Å²) in [6.07, 6.45) is 0.966. The monoisotopic (exact) mass is 448 g/mol. The molecule has 27 heavy (non-hydrogen) atoms. The molecule has 1 atom stereocenters. The largest absolute Gasteiger partial charge is 0.611 e. The lowest BCUT2D eigenvalue weighted by molar-refractivity contribution is 0.127. The molecular weight excluding hydrogens is 423 g/mol. The number of nitrogens with zero attached hydrogens (tertiary/aromatic N) is 2. The minimum absolute atomic E-state index is 0. The van der Waals surface area contributed by atoms with Crippen molar-refractivity contribution in [3.05, 3.63) is 65.2 Å². The Kier molecular flexibility index (Phi) is 11.7. The summed E-state index contributed by atoms with van der Waals surface area (Å²) in [4.78, 5) is 5.87. The van der Waals surface area contributed by atoms with Crippen molar-refractivity contribution in [3.63, 3.8) is 0 Å². The van der Waals surface area contributed by atoms with Crippen LogP contribution in [0.3, 0.4) is 0 Å². The fourth-order valence-corrected chi connectivity index (χ4v) is 4.33. The molecule has 2 aromatic rings. The normalized spacial score (nSPS) is 16.2. The molecule has 0 spiro atoms. The summed E-state index contributed by atoms with van der Waals surface area (Å²) < 4.78 is 12.3. The maximum absolute atomic E-state index is 12.3. The minimum Gasteiger partial charge on any atom is -0.611 e. The van der Waals surface area contributed by atoms with Crippen molar-refractivity contribution in [2.45, 2.75) is 17.9 Å². The molecule has 0 N–H and O–H groups in total. The van der Waals surface area contributed by atoms with E-state index in [1.54, 1.807) is 12.1 Å². The van der Waals surface area contributed by atoms with Gasteiger partial charge in [0.2, 0.25) is 0 Å². The highest BCUT2D eigenvalue weighted by atomic mass is 35.5. The van der Waals surface area contributed by atoms with Crippen LogP contribution in [0.2, 0.25) is 5.02 Å². The highest BCUT2D eigenvalue weighted by Gasteiger charge is 2.18. The van der Waals surface area contributed by atoms with Gasteiger partial charge in [-0.15, -0.1) is 24.8 Å². The predicted octanol–water partition coefficient (Wildman–Crippen LogP) is 4.50. The van der Waals surface area contributed by atoms with Crippen molar-refractivity contribution in [2.75, 3.05) is 38.5 Å². The molecule has 1 aliphatic heterocycles. The lowest BCUT2D eigenvalue weighted by Crippen LogP contribution is -2.46. The van der Waals surface area contributed by atoms with Gasteiger partial charge in [-0.2, -0.15) is 0 Å². The van der Waals surface area contributed by atoms with Gasteiger partial charge in [-0.1, -0.05) is 41.9 Å². The number of rotatable bonds is 7. The molecule has 0 bridgehead atoms. The Morgan fingerprint density at radius 3 is 2.07 bits per heavy atom. The molecule has 0 amide bonds. The third-order valence-electron chi connectivity index (χ3n) is 4.59. The maximum atomic E-state index is 12.3. The second-order valence-corrected chi connectivity index (χ2v) is 8.47. The molecule has 0 radical (unpaired) electrons. The number of hydrogen-bond donors (Lipinski definition) is 0. The van der Waals surface area contributed by atoms with Crippen molar-refractivity contribution >= 4 is 47.6 Å². The van der Waals surface area contributed by atoms with Crippen LogP contribution in [-0.4, -0.2) is 52.8 Å². The van der Waals surface area contributed by atoms with Crippen LogP contribution in [0.4, 0.5) is 0 Å². The molecular formula is C20H27Cl3N2OS. The van der Waals surface area contributed by atoms with E-state index in [0.717, 1.165) is 50.6 Å². The van der Waals surface area contributed by atoms with Gasteiger partial charge >= 0.3 is 0 Å². The van der Waals surface area contributed by atoms with Gasteiger partial charge in [0.15, 0.2) is 4.90 Å². The summed E-state index contributed by atoms with van der Waals surface area (Å²) in [6, 6.07) is 18.0. The zero-order valence-electron chi connectivity index (χ0n) is 15.3. The summed E-state index contributed by atoms with van der Waals surface area (Å²) in [7, 11) is 0. The van der Waals surface area contributed by atoms with E-state index in [1.165, 1.54) is 5.56 Å². The lowest BCUT2D eigenvalue weighted by Gasteiger charge is -2.34. The van der Waals surface area contributed by atoms with E-state index in [1.807, 2.05) is 12.1 Å². The molecule has 2 aromatic carbocycles. The fraction of sp³-hybridized carbons (Fsp3) is 0.400. The zero-order valence-corrected chi connectivity index (χ0v) is 18.5. The third kappa shape index (κ3) is 8.20. The van der Waals surface area contributed by atoms with Crippen LogP contribution in [0.15, 0.2) is 59.5 Å². The zero-order chi connectivity index (χ0) is 17.5. The van der Waals surface area contributed by atoms with E-state index >= 15 is 0 Å². The quantitative estimate of drug-likeness (QED) is 0.583. The number of piperazine rings is 1. The fourth-order valence-electron chi connectivity index (χ4n) is 3.14. The van der Waals surface area contributed by atoms with Crippen molar-refractivity contribution in [1.82, 2.24) is 9.80 Å². The Bertz CT molecular complexity index is 637. The van der Waals surface area contributed by atoms with Gasteiger partial charge in [0.1, 0.15) is 5.75 Å². The smallest absolute Gasteiger partial charge is 0.152 e. The van der Waals surface area contributed by atoms with Gasteiger partial charge in [0.25, 0.3) is 0 Å². The molecule has 0 aliphatic carbocycles. The first-order chi connectivity index (χ1) is 12.2. The van der Waals surface area contributed by atoms with Gasteiger partial charge in [0, 0.05) is 50.7 Å². The summed E-state index contributed by atoms with van der Waals surface area (Å²) in [5.41, 5.74) is 1.38. The van der Waals surface area contributed by atoms with Crippen LogP contribution < -0.4 is 0 Å². The van der Waals surface area contributed by atoms with Crippen molar-refractivity contribution in [3.8, 4) is 0 Å². The Morgan fingerprint density at radius 1 is 0.852 bits per heavy atom. The van der Waals surface area contributed by atoms with Crippen molar-refractivity contribution in [1.29, 1.82) is 0 Å². The van der Waals surface area contributed by atoms with E-state index in [4.69, 9.17) is 11.6 Å². The molecule has 3 rings (SSSR count). The van der Waals surface area contributed by atoms with Crippen LogP contribution in [0.1, 0.15) is 12.0 Å². The van der Waals surface area contributed by atoms with E-state index in [0.29, 0.717) is 10.8 Å². The average molecular weight is 450 g/mol.